The minimum Gasteiger partial charge on any atom is -0.463 e. The monoisotopic (exact) mass is 594 g/mol. The summed E-state index contributed by atoms with van der Waals surface area (Å²) in [6.07, 6.45) is 2.59. The molecule has 10 heteroatoms. The second-order valence-electron chi connectivity index (χ2n) is 11.2. The van der Waals surface area contributed by atoms with Crippen molar-refractivity contribution in [3.05, 3.63) is 94.5 Å². The number of nitrogens with zero attached hydrogens (tertiary/aromatic N) is 1. The molecule has 0 aliphatic carbocycles. The predicted octanol–water partition coefficient (Wildman–Crippen LogP) is 5.25. The number of aryl methyl sites for hydroxylation is 1. The standard InChI is InChI=1S/C32H38N2O7S/c1-32(2)39-22-27-19-26(12-13-29(27)41-32)30-20-34(31(35)40-30)15-14-24-8-5-10-25(17-24)21-38-16-4-3-7-23-9-6-11-28(18-23)42(33,36)37/h5-6,8-13,17-19,30H,3-4,7,14-16,20-22H2,1-2H3,(H2,33,36,37). The van der Waals surface area contributed by atoms with Gasteiger partial charge in [-0.2, -0.15) is 0 Å². The van der Waals surface area contributed by atoms with E-state index in [0.717, 1.165) is 52.8 Å². The van der Waals surface area contributed by atoms with Gasteiger partial charge in [0.1, 0.15) is 11.9 Å². The third-order valence-corrected chi connectivity index (χ3v) is 8.35. The van der Waals surface area contributed by atoms with Gasteiger partial charge < -0.3 is 23.8 Å². The first-order chi connectivity index (χ1) is 20.1. The van der Waals surface area contributed by atoms with Crippen LogP contribution in [0.25, 0.3) is 0 Å². The van der Waals surface area contributed by atoms with Gasteiger partial charge in [-0.05, 0) is 72.2 Å². The van der Waals surface area contributed by atoms with Crippen LogP contribution in [0.1, 0.15) is 60.6 Å². The Morgan fingerprint density at radius 2 is 1.74 bits per heavy atom. The molecule has 224 valence electrons. The zero-order chi connectivity index (χ0) is 29.7. The highest BCUT2D eigenvalue weighted by Crippen LogP contribution is 2.35. The maximum absolute atomic E-state index is 12.6. The Kier molecular flexibility index (Phi) is 9.17. The maximum Gasteiger partial charge on any atom is 0.410 e. The summed E-state index contributed by atoms with van der Waals surface area (Å²) in [6, 6.07) is 20.9. The van der Waals surface area contributed by atoms with Crippen LogP contribution in [0.4, 0.5) is 4.79 Å². The first-order valence-corrected chi connectivity index (χ1v) is 15.8. The quantitative estimate of drug-likeness (QED) is 0.285. The van der Waals surface area contributed by atoms with Crippen LogP contribution in [0, 0.1) is 0 Å². The lowest BCUT2D eigenvalue weighted by atomic mass is 10.0. The summed E-state index contributed by atoms with van der Waals surface area (Å²) in [5, 5.41) is 5.22. The molecule has 0 spiro atoms. The van der Waals surface area contributed by atoms with Crippen LogP contribution in [0.15, 0.2) is 71.6 Å². The molecule has 0 radical (unpaired) electrons. The number of rotatable bonds is 12. The molecule has 2 N–H and O–H groups in total. The molecule has 3 aromatic rings. The average Bonchev–Trinajstić information content (AvgIpc) is 3.33. The lowest BCUT2D eigenvalue weighted by Gasteiger charge is -2.32. The highest BCUT2D eigenvalue weighted by Gasteiger charge is 2.33. The number of carbonyl (C=O) groups excluding carboxylic acids is 1. The number of unbranched alkanes of at least 4 members (excludes halogenated alkanes) is 1. The number of primary sulfonamides is 1. The Balaban J connectivity index is 1.04. The highest BCUT2D eigenvalue weighted by molar-refractivity contribution is 7.89. The Morgan fingerprint density at radius 1 is 0.976 bits per heavy atom. The molecule has 9 nitrogen and oxygen atoms in total. The molecule has 2 aliphatic rings. The van der Waals surface area contributed by atoms with Crippen LogP contribution in [0.3, 0.4) is 0 Å². The SMILES string of the molecule is CC1(C)OCc2cc(C3CN(CCc4cccc(COCCCCc5cccc(S(N)(=O)=O)c5)c4)C(=O)O3)ccc2O1. The maximum atomic E-state index is 12.6. The van der Waals surface area contributed by atoms with E-state index in [9.17, 15) is 13.2 Å². The van der Waals surface area contributed by atoms with Gasteiger partial charge in [-0.15, -0.1) is 0 Å². The molecule has 1 saturated heterocycles. The zero-order valence-corrected chi connectivity index (χ0v) is 24.9. The second-order valence-corrected chi connectivity index (χ2v) is 12.8. The number of nitrogens with two attached hydrogens (primary N) is 1. The summed E-state index contributed by atoms with van der Waals surface area (Å²) < 4.78 is 46.3. The molecular formula is C32H38N2O7S. The van der Waals surface area contributed by atoms with Crippen LogP contribution in [-0.4, -0.2) is 44.9 Å². The van der Waals surface area contributed by atoms with Gasteiger partial charge in [0.25, 0.3) is 0 Å². The van der Waals surface area contributed by atoms with Crippen molar-refractivity contribution >= 4 is 16.1 Å². The summed E-state index contributed by atoms with van der Waals surface area (Å²) in [4.78, 5) is 14.5. The van der Waals surface area contributed by atoms with Gasteiger partial charge in [-0.3, -0.25) is 0 Å². The van der Waals surface area contributed by atoms with E-state index in [1.165, 1.54) is 6.07 Å². The molecule has 42 heavy (non-hydrogen) atoms. The van der Waals surface area contributed by atoms with Crippen molar-refractivity contribution in [3.63, 3.8) is 0 Å². The molecule has 2 heterocycles. The van der Waals surface area contributed by atoms with Crippen molar-refractivity contribution in [2.75, 3.05) is 19.7 Å². The summed E-state index contributed by atoms with van der Waals surface area (Å²) in [5.74, 6) is 0.150. The number of cyclic esters (lactones) is 1. The zero-order valence-electron chi connectivity index (χ0n) is 24.1. The number of amides is 1. The van der Waals surface area contributed by atoms with Crippen molar-refractivity contribution < 1.29 is 32.2 Å². The van der Waals surface area contributed by atoms with E-state index < -0.39 is 15.8 Å². The van der Waals surface area contributed by atoms with E-state index in [-0.39, 0.29) is 17.1 Å². The van der Waals surface area contributed by atoms with Crippen LogP contribution in [0.5, 0.6) is 5.75 Å². The van der Waals surface area contributed by atoms with Gasteiger partial charge in [0, 0.05) is 32.6 Å². The van der Waals surface area contributed by atoms with Crippen LogP contribution in [-0.2, 0) is 50.3 Å². The van der Waals surface area contributed by atoms with E-state index in [2.05, 4.69) is 12.1 Å². The van der Waals surface area contributed by atoms with Crippen LogP contribution >= 0.6 is 0 Å². The largest absolute Gasteiger partial charge is 0.463 e. The number of carbonyl (C=O) groups is 1. The second kappa shape index (κ2) is 12.8. The van der Waals surface area contributed by atoms with Crippen molar-refractivity contribution in [1.82, 2.24) is 4.90 Å². The summed E-state index contributed by atoms with van der Waals surface area (Å²) >= 11 is 0. The number of fused-ring (bicyclic) bond motifs is 1. The number of sulfonamides is 1. The number of ether oxygens (including phenoxy) is 4. The molecule has 3 aromatic carbocycles. The first-order valence-electron chi connectivity index (χ1n) is 14.2. The fraction of sp³-hybridized carbons (Fsp3) is 0.406. The van der Waals surface area contributed by atoms with Gasteiger partial charge in [0.2, 0.25) is 15.8 Å². The van der Waals surface area contributed by atoms with Crippen molar-refractivity contribution in [3.8, 4) is 5.75 Å². The van der Waals surface area contributed by atoms with Crippen LogP contribution < -0.4 is 9.88 Å². The smallest absolute Gasteiger partial charge is 0.410 e. The number of benzene rings is 3. The molecule has 1 atom stereocenters. The number of hydrogen-bond donors (Lipinski definition) is 1. The minimum atomic E-state index is -3.69. The first kappa shape index (κ1) is 30.0. The number of hydrogen-bond acceptors (Lipinski definition) is 7. The summed E-state index contributed by atoms with van der Waals surface area (Å²) in [5.41, 5.74) is 5.05. The van der Waals surface area contributed by atoms with E-state index >= 15 is 0 Å². The predicted molar refractivity (Wildman–Crippen MR) is 157 cm³/mol. The van der Waals surface area contributed by atoms with Gasteiger partial charge in [-0.1, -0.05) is 42.5 Å². The third-order valence-electron chi connectivity index (χ3n) is 7.44. The molecule has 1 unspecified atom stereocenters. The molecule has 2 aliphatic heterocycles. The lowest BCUT2D eigenvalue weighted by molar-refractivity contribution is -0.180. The Morgan fingerprint density at radius 3 is 2.55 bits per heavy atom. The van der Waals surface area contributed by atoms with Gasteiger partial charge in [-0.25, -0.2) is 18.4 Å². The van der Waals surface area contributed by atoms with Crippen LogP contribution in [0.2, 0.25) is 0 Å². The van der Waals surface area contributed by atoms with Gasteiger partial charge in [0.05, 0.1) is 24.7 Å². The van der Waals surface area contributed by atoms with E-state index in [1.807, 2.05) is 50.2 Å². The van der Waals surface area contributed by atoms with Crippen molar-refractivity contribution in [2.24, 2.45) is 5.14 Å². The summed E-state index contributed by atoms with van der Waals surface area (Å²) in [6.45, 7) is 6.41. The normalized spacial score (nSPS) is 17.9. The molecule has 5 rings (SSSR count). The van der Waals surface area contributed by atoms with Crippen molar-refractivity contribution in [1.29, 1.82) is 0 Å². The molecule has 0 bridgehead atoms. The average molecular weight is 595 g/mol. The summed E-state index contributed by atoms with van der Waals surface area (Å²) in [7, 11) is -3.69. The highest BCUT2D eigenvalue weighted by atomic mass is 32.2. The molecule has 1 fully saturated rings. The molecule has 0 aromatic heterocycles. The lowest BCUT2D eigenvalue weighted by Crippen LogP contribution is -2.35. The Hall–Kier alpha value is -3.44. The minimum absolute atomic E-state index is 0.141. The van der Waals surface area contributed by atoms with E-state index in [0.29, 0.717) is 39.3 Å². The fourth-order valence-corrected chi connectivity index (χ4v) is 5.75. The van der Waals surface area contributed by atoms with E-state index in [1.54, 1.807) is 17.0 Å². The Labute approximate surface area is 247 Å². The van der Waals surface area contributed by atoms with Gasteiger partial charge >= 0.3 is 6.09 Å². The van der Waals surface area contributed by atoms with Gasteiger partial charge in [0.15, 0.2) is 0 Å². The molecule has 0 saturated carbocycles. The Bertz CT molecular complexity index is 1520. The molecular weight excluding hydrogens is 556 g/mol. The topological polar surface area (TPSA) is 117 Å². The van der Waals surface area contributed by atoms with Crippen molar-refractivity contribution in [2.45, 2.75) is 69.5 Å². The van der Waals surface area contributed by atoms with E-state index in [4.69, 9.17) is 24.1 Å². The third kappa shape index (κ3) is 7.89. The fourth-order valence-electron chi connectivity index (χ4n) is 5.16. The molecule has 1 amide bonds.